The molecule has 0 amide bonds. The molecular formula is C16H15ClO. The van der Waals surface area contributed by atoms with Crippen LogP contribution in [0.4, 0.5) is 0 Å². The Bertz CT molecular complexity index is 587. The van der Waals surface area contributed by atoms with E-state index in [4.69, 9.17) is 11.6 Å². The summed E-state index contributed by atoms with van der Waals surface area (Å²) in [6.45, 7) is 3.90. The summed E-state index contributed by atoms with van der Waals surface area (Å²) in [5, 5.41) is 0.733. The maximum Gasteiger partial charge on any atom is 0.162 e. The molecule has 0 aromatic heterocycles. The SMILES string of the molecule is CCC(=O)c1cccc(-c2ccc(Cl)cc2C)c1. The summed E-state index contributed by atoms with van der Waals surface area (Å²) in [5.74, 6) is 0.170. The third-order valence-electron chi connectivity index (χ3n) is 3.01. The largest absolute Gasteiger partial charge is 0.294 e. The summed E-state index contributed by atoms with van der Waals surface area (Å²) in [6.07, 6.45) is 0.531. The molecule has 0 saturated carbocycles. The van der Waals surface area contributed by atoms with Gasteiger partial charge in [-0.05, 0) is 41.8 Å². The van der Waals surface area contributed by atoms with Crippen molar-refractivity contribution < 1.29 is 4.79 Å². The van der Waals surface area contributed by atoms with Gasteiger partial charge < -0.3 is 0 Å². The summed E-state index contributed by atoms with van der Waals surface area (Å²) in [5.41, 5.74) is 4.06. The van der Waals surface area contributed by atoms with Gasteiger partial charge >= 0.3 is 0 Å². The lowest BCUT2D eigenvalue weighted by atomic mass is 9.97. The molecule has 0 heterocycles. The van der Waals surface area contributed by atoms with E-state index in [1.165, 1.54) is 0 Å². The van der Waals surface area contributed by atoms with E-state index in [0.29, 0.717) is 6.42 Å². The fourth-order valence-corrected chi connectivity index (χ4v) is 2.24. The van der Waals surface area contributed by atoms with Crippen molar-refractivity contribution in [3.63, 3.8) is 0 Å². The molecule has 0 fully saturated rings. The third kappa shape index (κ3) is 2.62. The van der Waals surface area contributed by atoms with Gasteiger partial charge in [-0.1, -0.05) is 42.8 Å². The predicted octanol–water partition coefficient (Wildman–Crippen LogP) is 4.91. The highest BCUT2D eigenvalue weighted by molar-refractivity contribution is 6.30. The Kier molecular flexibility index (Phi) is 3.83. The van der Waals surface area contributed by atoms with Crippen LogP contribution in [0.1, 0.15) is 29.3 Å². The van der Waals surface area contributed by atoms with Crippen molar-refractivity contribution in [2.45, 2.75) is 20.3 Å². The number of aryl methyl sites for hydroxylation is 1. The minimum absolute atomic E-state index is 0.170. The van der Waals surface area contributed by atoms with Gasteiger partial charge in [0.1, 0.15) is 0 Å². The Morgan fingerprint density at radius 1 is 1.17 bits per heavy atom. The number of Topliss-reactive ketones (excluding diaryl/α,β-unsaturated/α-hetero) is 1. The van der Waals surface area contributed by atoms with Gasteiger partial charge in [-0.25, -0.2) is 0 Å². The molecule has 92 valence electrons. The fraction of sp³-hybridized carbons (Fsp3) is 0.188. The van der Waals surface area contributed by atoms with Crippen molar-refractivity contribution in [3.8, 4) is 11.1 Å². The van der Waals surface area contributed by atoms with Crippen LogP contribution in [-0.2, 0) is 0 Å². The number of ketones is 1. The zero-order chi connectivity index (χ0) is 13.1. The van der Waals surface area contributed by atoms with E-state index in [-0.39, 0.29) is 5.78 Å². The molecule has 2 rings (SSSR count). The first-order chi connectivity index (χ1) is 8.61. The number of benzene rings is 2. The Morgan fingerprint density at radius 2 is 1.94 bits per heavy atom. The number of hydrogen-bond acceptors (Lipinski definition) is 1. The summed E-state index contributed by atoms with van der Waals surface area (Å²) in [7, 11) is 0. The summed E-state index contributed by atoms with van der Waals surface area (Å²) >= 11 is 5.95. The van der Waals surface area contributed by atoms with Crippen LogP contribution in [0.5, 0.6) is 0 Å². The van der Waals surface area contributed by atoms with Crippen LogP contribution in [-0.4, -0.2) is 5.78 Å². The van der Waals surface area contributed by atoms with Gasteiger partial charge in [0.05, 0.1) is 0 Å². The molecule has 2 heteroatoms. The second-order valence-corrected chi connectivity index (χ2v) is 4.75. The molecule has 0 saturated heterocycles. The first-order valence-electron chi connectivity index (χ1n) is 6.01. The summed E-state index contributed by atoms with van der Waals surface area (Å²) in [4.78, 5) is 11.7. The smallest absolute Gasteiger partial charge is 0.162 e. The molecule has 2 aromatic rings. The van der Waals surface area contributed by atoms with Crippen molar-refractivity contribution in [2.75, 3.05) is 0 Å². The van der Waals surface area contributed by atoms with E-state index in [2.05, 4.69) is 0 Å². The van der Waals surface area contributed by atoms with Crippen molar-refractivity contribution >= 4 is 17.4 Å². The second-order valence-electron chi connectivity index (χ2n) is 4.32. The molecule has 0 aliphatic heterocycles. The quantitative estimate of drug-likeness (QED) is 0.715. The van der Waals surface area contributed by atoms with E-state index in [1.54, 1.807) is 0 Å². The average molecular weight is 259 g/mol. The number of carbonyl (C=O) groups is 1. The van der Waals surface area contributed by atoms with E-state index in [0.717, 1.165) is 27.3 Å². The van der Waals surface area contributed by atoms with Crippen molar-refractivity contribution in [1.29, 1.82) is 0 Å². The van der Waals surface area contributed by atoms with Crippen LogP contribution in [0, 0.1) is 6.92 Å². The number of carbonyl (C=O) groups excluding carboxylic acids is 1. The molecular weight excluding hydrogens is 244 g/mol. The first kappa shape index (κ1) is 12.8. The van der Waals surface area contributed by atoms with Crippen LogP contribution < -0.4 is 0 Å². The predicted molar refractivity (Wildman–Crippen MR) is 76.2 cm³/mol. The van der Waals surface area contributed by atoms with Gasteiger partial charge in [0, 0.05) is 17.0 Å². The molecule has 0 N–H and O–H groups in total. The highest BCUT2D eigenvalue weighted by Crippen LogP contribution is 2.26. The molecule has 2 aromatic carbocycles. The van der Waals surface area contributed by atoms with Crippen LogP contribution in [0.2, 0.25) is 5.02 Å². The van der Waals surface area contributed by atoms with Gasteiger partial charge in [-0.15, -0.1) is 0 Å². The lowest BCUT2D eigenvalue weighted by Gasteiger charge is -2.08. The monoisotopic (exact) mass is 258 g/mol. The molecule has 0 bridgehead atoms. The average Bonchev–Trinajstić information content (AvgIpc) is 2.38. The molecule has 0 spiro atoms. The van der Waals surface area contributed by atoms with E-state index in [1.807, 2.05) is 56.3 Å². The summed E-state index contributed by atoms with van der Waals surface area (Å²) < 4.78 is 0. The van der Waals surface area contributed by atoms with Gasteiger partial charge in [-0.2, -0.15) is 0 Å². The summed E-state index contributed by atoms with van der Waals surface area (Å²) in [6, 6.07) is 13.5. The Morgan fingerprint density at radius 3 is 2.61 bits per heavy atom. The lowest BCUT2D eigenvalue weighted by molar-refractivity contribution is 0.0988. The Hall–Kier alpha value is -1.60. The van der Waals surface area contributed by atoms with Gasteiger partial charge in [-0.3, -0.25) is 4.79 Å². The zero-order valence-electron chi connectivity index (χ0n) is 10.5. The van der Waals surface area contributed by atoms with E-state index >= 15 is 0 Å². The van der Waals surface area contributed by atoms with Crippen LogP contribution in [0.25, 0.3) is 11.1 Å². The number of halogens is 1. The normalized spacial score (nSPS) is 10.4. The minimum atomic E-state index is 0.170. The molecule has 0 atom stereocenters. The molecule has 0 aliphatic rings. The second kappa shape index (κ2) is 5.36. The standard InChI is InChI=1S/C16H15ClO/c1-3-16(18)13-6-4-5-12(10-13)15-8-7-14(17)9-11(15)2/h4-10H,3H2,1-2H3. The maximum atomic E-state index is 11.7. The molecule has 0 radical (unpaired) electrons. The Balaban J connectivity index is 2.48. The highest BCUT2D eigenvalue weighted by atomic mass is 35.5. The van der Waals surface area contributed by atoms with Crippen molar-refractivity contribution in [3.05, 3.63) is 58.6 Å². The minimum Gasteiger partial charge on any atom is -0.294 e. The first-order valence-corrected chi connectivity index (χ1v) is 6.39. The highest BCUT2D eigenvalue weighted by Gasteiger charge is 2.07. The Labute approximate surface area is 112 Å². The molecule has 18 heavy (non-hydrogen) atoms. The van der Waals surface area contributed by atoms with Crippen LogP contribution in [0.3, 0.4) is 0 Å². The molecule has 0 unspecified atom stereocenters. The topological polar surface area (TPSA) is 17.1 Å². The van der Waals surface area contributed by atoms with Gasteiger partial charge in [0.15, 0.2) is 5.78 Å². The maximum absolute atomic E-state index is 11.7. The van der Waals surface area contributed by atoms with E-state index in [9.17, 15) is 4.79 Å². The number of rotatable bonds is 3. The van der Waals surface area contributed by atoms with Crippen LogP contribution in [0.15, 0.2) is 42.5 Å². The van der Waals surface area contributed by atoms with E-state index < -0.39 is 0 Å². The van der Waals surface area contributed by atoms with Crippen LogP contribution >= 0.6 is 11.6 Å². The van der Waals surface area contributed by atoms with Gasteiger partial charge in [0.2, 0.25) is 0 Å². The van der Waals surface area contributed by atoms with Crippen molar-refractivity contribution in [1.82, 2.24) is 0 Å². The van der Waals surface area contributed by atoms with Crippen molar-refractivity contribution in [2.24, 2.45) is 0 Å². The molecule has 1 nitrogen and oxygen atoms in total. The lowest BCUT2D eigenvalue weighted by Crippen LogP contribution is -1.96. The van der Waals surface area contributed by atoms with Gasteiger partial charge in [0.25, 0.3) is 0 Å². The number of hydrogen-bond donors (Lipinski definition) is 0. The third-order valence-corrected chi connectivity index (χ3v) is 3.24. The molecule has 0 aliphatic carbocycles. The zero-order valence-corrected chi connectivity index (χ0v) is 11.3. The fourth-order valence-electron chi connectivity index (χ4n) is 2.02.